The first kappa shape index (κ1) is 13.3. The summed E-state index contributed by atoms with van der Waals surface area (Å²) in [6, 6.07) is 0.367. The summed E-state index contributed by atoms with van der Waals surface area (Å²) in [6.45, 7) is 3.21. The van der Waals surface area contributed by atoms with Crippen molar-refractivity contribution in [1.82, 2.24) is 4.90 Å². The van der Waals surface area contributed by atoms with E-state index in [2.05, 4.69) is 10.1 Å². The summed E-state index contributed by atoms with van der Waals surface area (Å²) in [6.07, 6.45) is 5.05. The van der Waals surface area contributed by atoms with Crippen molar-refractivity contribution in [2.45, 2.75) is 51.1 Å². The Bertz CT molecular complexity index is 231. The van der Waals surface area contributed by atoms with E-state index < -0.39 is 0 Å². The fourth-order valence-corrected chi connectivity index (χ4v) is 2.57. The number of hydrogen-bond donors (Lipinski definition) is 3. The van der Waals surface area contributed by atoms with Crippen molar-refractivity contribution in [2.24, 2.45) is 10.9 Å². The Balaban J connectivity index is 2.71. The minimum absolute atomic E-state index is 0.00171. The fraction of sp³-hybridized carbons (Fsp3) is 0.909. The number of aliphatic hydroxyl groups excluding tert-OH is 1. The summed E-state index contributed by atoms with van der Waals surface area (Å²) < 4.78 is 0. The van der Waals surface area contributed by atoms with Gasteiger partial charge in [-0.2, -0.15) is 0 Å². The number of aliphatic hydroxyl groups is 1. The Kier molecular flexibility index (Phi) is 5.55. The number of oxime groups is 1. The van der Waals surface area contributed by atoms with Crippen LogP contribution in [0.25, 0.3) is 0 Å². The zero-order chi connectivity index (χ0) is 12.0. The molecule has 0 radical (unpaired) electrons. The summed E-state index contributed by atoms with van der Waals surface area (Å²) in [5, 5.41) is 20.9. The highest BCUT2D eigenvalue weighted by Crippen LogP contribution is 2.23. The number of nitrogens with zero attached hydrogens (tertiary/aromatic N) is 2. The van der Waals surface area contributed by atoms with Gasteiger partial charge in [-0.3, -0.25) is 4.90 Å². The molecule has 5 heteroatoms. The molecule has 1 aliphatic rings. The van der Waals surface area contributed by atoms with Crippen LogP contribution in [0.15, 0.2) is 5.16 Å². The third-order valence-corrected chi connectivity index (χ3v) is 3.38. The van der Waals surface area contributed by atoms with Crippen molar-refractivity contribution in [3.05, 3.63) is 0 Å². The van der Waals surface area contributed by atoms with Crippen LogP contribution < -0.4 is 5.73 Å². The molecule has 1 aliphatic heterocycles. The van der Waals surface area contributed by atoms with E-state index in [-0.39, 0.29) is 18.5 Å². The van der Waals surface area contributed by atoms with Gasteiger partial charge in [-0.25, -0.2) is 0 Å². The van der Waals surface area contributed by atoms with E-state index in [1.807, 2.05) is 6.92 Å². The highest BCUT2D eigenvalue weighted by molar-refractivity contribution is 5.85. The van der Waals surface area contributed by atoms with E-state index in [0.29, 0.717) is 6.04 Å². The average molecular weight is 229 g/mol. The van der Waals surface area contributed by atoms with Crippen LogP contribution in [-0.2, 0) is 0 Å². The van der Waals surface area contributed by atoms with Gasteiger partial charge in [0.1, 0.15) is 0 Å². The summed E-state index contributed by atoms with van der Waals surface area (Å²) >= 11 is 0. The Morgan fingerprint density at radius 3 is 2.88 bits per heavy atom. The monoisotopic (exact) mass is 229 g/mol. The molecule has 0 saturated carbocycles. The van der Waals surface area contributed by atoms with Gasteiger partial charge in [0, 0.05) is 12.6 Å². The average Bonchev–Trinajstić information content (AvgIpc) is 2.32. The van der Waals surface area contributed by atoms with Gasteiger partial charge in [0.15, 0.2) is 5.84 Å². The van der Waals surface area contributed by atoms with Gasteiger partial charge in [-0.15, -0.1) is 0 Å². The summed E-state index contributed by atoms with van der Waals surface area (Å²) in [4.78, 5) is 2.27. The van der Waals surface area contributed by atoms with Crippen LogP contribution in [-0.4, -0.2) is 46.3 Å². The topological polar surface area (TPSA) is 82.1 Å². The van der Waals surface area contributed by atoms with Crippen molar-refractivity contribution >= 4 is 5.84 Å². The van der Waals surface area contributed by atoms with Gasteiger partial charge >= 0.3 is 0 Å². The van der Waals surface area contributed by atoms with Crippen LogP contribution in [0, 0.1) is 0 Å². The molecular weight excluding hydrogens is 206 g/mol. The van der Waals surface area contributed by atoms with Gasteiger partial charge in [-0.05, 0) is 32.2 Å². The van der Waals surface area contributed by atoms with Crippen molar-refractivity contribution < 1.29 is 10.3 Å². The Hall–Kier alpha value is -0.810. The first-order valence-electron chi connectivity index (χ1n) is 6.08. The first-order valence-corrected chi connectivity index (χ1v) is 6.08. The highest BCUT2D eigenvalue weighted by Gasteiger charge is 2.29. The van der Waals surface area contributed by atoms with Crippen LogP contribution in [0.5, 0.6) is 0 Å². The Labute approximate surface area is 96.9 Å². The molecule has 0 aromatic heterocycles. The molecule has 0 spiro atoms. The molecule has 2 atom stereocenters. The quantitative estimate of drug-likeness (QED) is 0.281. The largest absolute Gasteiger partial charge is 0.409 e. The van der Waals surface area contributed by atoms with Crippen LogP contribution in [0.4, 0.5) is 0 Å². The molecule has 0 aliphatic carbocycles. The molecule has 5 nitrogen and oxygen atoms in total. The predicted octanol–water partition coefficient (Wildman–Crippen LogP) is 0.748. The van der Waals surface area contributed by atoms with Crippen molar-refractivity contribution in [3.8, 4) is 0 Å². The molecular formula is C11H23N3O2. The molecule has 0 amide bonds. The molecule has 1 fully saturated rings. The zero-order valence-electron chi connectivity index (χ0n) is 9.97. The second kappa shape index (κ2) is 6.70. The van der Waals surface area contributed by atoms with Crippen LogP contribution >= 0.6 is 0 Å². The summed E-state index contributed by atoms with van der Waals surface area (Å²) in [5.41, 5.74) is 5.71. The molecule has 4 N–H and O–H groups in total. The fourth-order valence-electron chi connectivity index (χ4n) is 2.57. The lowest BCUT2D eigenvalue weighted by atomic mass is 9.96. The second-order valence-electron chi connectivity index (χ2n) is 4.35. The molecule has 1 heterocycles. The minimum atomic E-state index is 0.00171. The molecule has 0 aromatic carbocycles. The van der Waals surface area contributed by atoms with E-state index >= 15 is 0 Å². The Morgan fingerprint density at radius 2 is 2.31 bits per heavy atom. The molecule has 0 bridgehead atoms. The maximum Gasteiger partial charge on any atom is 0.156 e. The van der Waals surface area contributed by atoms with Gasteiger partial charge in [-0.1, -0.05) is 18.5 Å². The summed E-state index contributed by atoms with van der Waals surface area (Å²) in [5.74, 6) is 0.285. The van der Waals surface area contributed by atoms with E-state index in [0.717, 1.165) is 32.2 Å². The first-order chi connectivity index (χ1) is 7.74. The number of nitrogens with two attached hydrogens (primary N) is 1. The number of likely N-dealkylation sites (tertiary alicyclic amines) is 1. The second-order valence-corrected chi connectivity index (χ2v) is 4.35. The third kappa shape index (κ3) is 3.09. The maximum absolute atomic E-state index is 9.05. The minimum Gasteiger partial charge on any atom is -0.409 e. The normalized spacial score (nSPS) is 25.6. The predicted molar refractivity (Wildman–Crippen MR) is 63.5 cm³/mol. The zero-order valence-corrected chi connectivity index (χ0v) is 9.97. The van der Waals surface area contributed by atoms with Crippen molar-refractivity contribution in [2.75, 3.05) is 13.2 Å². The lowest BCUT2D eigenvalue weighted by Gasteiger charge is -2.40. The van der Waals surface area contributed by atoms with Crippen LogP contribution in [0.1, 0.15) is 39.0 Å². The number of hydrogen-bond acceptors (Lipinski definition) is 4. The summed E-state index contributed by atoms with van der Waals surface area (Å²) in [7, 11) is 0. The van der Waals surface area contributed by atoms with Crippen molar-refractivity contribution in [1.29, 1.82) is 0 Å². The number of amidine groups is 1. The lowest BCUT2D eigenvalue weighted by molar-refractivity contribution is 0.0972. The maximum atomic E-state index is 9.05. The molecule has 2 unspecified atom stereocenters. The SMILES string of the molecule is CCC(C(N)=NO)N1CCCCC1CCO. The van der Waals surface area contributed by atoms with Gasteiger partial charge in [0.05, 0.1) is 6.04 Å². The standard InChI is InChI=1S/C11H23N3O2/c1-2-10(11(12)13-16)14-7-4-3-5-9(14)6-8-15/h9-10,15-16H,2-8H2,1H3,(H2,12,13). The van der Waals surface area contributed by atoms with Gasteiger partial charge in [0.2, 0.25) is 0 Å². The van der Waals surface area contributed by atoms with Crippen molar-refractivity contribution in [3.63, 3.8) is 0 Å². The number of piperidine rings is 1. The van der Waals surface area contributed by atoms with E-state index in [9.17, 15) is 0 Å². The molecule has 16 heavy (non-hydrogen) atoms. The van der Waals surface area contributed by atoms with E-state index in [1.165, 1.54) is 6.42 Å². The van der Waals surface area contributed by atoms with E-state index in [4.69, 9.17) is 16.0 Å². The molecule has 1 saturated heterocycles. The van der Waals surface area contributed by atoms with Gasteiger partial charge in [0.25, 0.3) is 0 Å². The third-order valence-electron chi connectivity index (χ3n) is 3.38. The molecule has 0 aromatic rings. The molecule has 1 rings (SSSR count). The molecule has 94 valence electrons. The lowest BCUT2D eigenvalue weighted by Crippen LogP contribution is -2.52. The van der Waals surface area contributed by atoms with E-state index in [1.54, 1.807) is 0 Å². The highest BCUT2D eigenvalue weighted by atomic mass is 16.4. The smallest absolute Gasteiger partial charge is 0.156 e. The van der Waals surface area contributed by atoms with Crippen LogP contribution in [0.2, 0.25) is 0 Å². The van der Waals surface area contributed by atoms with Crippen LogP contribution in [0.3, 0.4) is 0 Å². The Morgan fingerprint density at radius 1 is 1.56 bits per heavy atom. The van der Waals surface area contributed by atoms with Gasteiger partial charge < -0.3 is 16.0 Å². The number of rotatable bonds is 5.